The van der Waals surface area contributed by atoms with E-state index in [0.29, 0.717) is 17.9 Å². The Bertz CT molecular complexity index is 1200. The van der Waals surface area contributed by atoms with Crippen molar-refractivity contribution in [2.45, 2.75) is 33.2 Å². The summed E-state index contributed by atoms with van der Waals surface area (Å²) in [6.45, 7) is 7.87. The van der Waals surface area contributed by atoms with E-state index in [1.807, 2.05) is 56.0 Å². The number of rotatable bonds is 3. The Morgan fingerprint density at radius 2 is 1.90 bits per heavy atom. The fourth-order valence-electron chi connectivity index (χ4n) is 4.06. The smallest absolute Gasteiger partial charge is 0.336 e. The molecular formula is C24H23NO4. The number of hydrogen-bond acceptors (Lipinski definition) is 4. The molecule has 3 aromatic rings. The first-order chi connectivity index (χ1) is 13.8. The second-order valence-electron chi connectivity index (χ2n) is 7.89. The van der Waals surface area contributed by atoms with E-state index < -0.39 is 5.54 Å². The minimum atomic E-state index is -0.456. The van der Waals surface area contributed by atoms with Crippen molar-refractivity contribution in [2.24, 2.45) is 0 Å². The van der Waals surface area contributed by atoms with Gasteiger partial charge in [0.2, 0.25) is 5.91 Å². The van der Waals surface area contributed by atoms with Gasteiger partial charge in [-0.25, -0.2) is 4.79 Å². The number of benzene rings is 2. The molecule has 0 N–H and O–H groups in total. The summed E-state index contributed by atoms with van der Waals surface area (Å²) in [5.74, 6) is 0.699. The summed E-state index contributed by atoms with van der Waals surface area (Å²) >= 11 is 0. The zero-order valence-electron chi connectivity index (χ0n) is 17.0. The molecule has 0 unspecified atom stereocenters. The molecule has 1 aliphatic heterocycles. The molecule has 2 heterocycles. The summed E-state index contributed by atoms with van der Waals surface area (Å²) < 4.78 is 11.3. The predicted octanol–water partition coefficient (Wildman–Crippen LogP) is 4.71. The van der Waals surface area contributed by atoms with Gasteiger partial charge in [0.15, 0.2) is 0 Å². The van der Waals surface area contributed by atoms with Gasteiger partial charge in [0.1, 0.15) is 17.9 Å². The second-order valence-corrected chi connectivity index (χ2v) is 7.89. The summed E-state index contributed by atoms with van der Waals surface area (Å²) in [6, 6.07) is 14.8. The van der Waals surface area contributed by atoms with E-state index in [1.54, 1.807) is 19.1 Å². The monoisotopic (exact) mass is 389 g/mol. The van der Waals surface area contributed by atoms with E-state index in [0.717, 1.165) is 27.8 Å². The van der Waals surface area contributed by atoms with Crippen molar-refractivity contribution in [1.29, 1.82) is 0 Å². The van der Waals surface area contributed by atoms with Gasteiger partial charge in [-0.3, -0.25) is 4.79 Å². The van der Waals surface area contributed by atoms with Gasteiger partial charge >= 0.3 is 5.63 Å². The number of fused-ring (bicyclic) bond motifs is 2. The van der Waals surface area contributed by atoms with Crippen molar-refractivity contribution >= 4 is 28.1 Å². The summed E-state index contributed by atoms with van der Waals surface area (Å²) in [5.41, 5.74) is 3.49. The molecule has 1 aliphatic rings. The Labute approximate surface area is 169 Å². The molecule has 1 aromatic heterocycles. The van der Waals surface area contributed by atoms with Crippen LogP contribution in [0.1, 0.15) is 31.9 Å². The lowest BCUT2D eigenvalue weighted by Crippen LogP contribution is -2.48. The molecule has 0 bridgehead atoms. The van der Waals surface area contributed by atoms with Crippen LogP contribution in [-0.4, -0.2) is 18.1 Å². The Kier molecular flexibility index (Phi) is 4.53. The first kappa shape index (κ1) is 19.0. The highest BCUT2D eigenvalue weighted by atomic mass is 16.5. The Morgan fingerprint density at radius 3 is 2.66 bits per heavy atom. The normalized spacial score (nSPS) is 15.0. The summed E-state index contributed by atoms with van der Waals surface area (Å²) in [5, 5.41) is 0.850. The van der Waals surface area contributed by atoms with Gasteiger partial charge in [0.25, 0.3) is 0 Å². The number of hydrogen-bond donors (Lipinski definition) is 0. The molecule has 4 rings (SSSR count). The number of carbonyl (C=O) groups is 1. The lowest BCUT2D eigenvalue weighted by atomic mass is 9.88. The van der Waals surface area contributed by atoms with E-state index in [1.165, 1.54) is 6.07 Å². The van der Waals surface area contributed by atoms with Crippen LogP contribution in [0.4, 0.5) is 5.69 Å². The maximum absolute atomic E-state index is 12.3. The maximum atomic E-state index is 12.3. The predicted molar refractivity (Wildman–Crippen MR) is 114 cm³/mol. The summed E-state index contributed by atoms with van der Waals surface area (Å²) in [7, 11) is 0. The van der Waals surface area contributed by atoms with Crippen LogP contribution in [-0.2, 0) is 4.79 Å². The fraction of sp³-hybridized carbons (Fsp3) is 0.250. The lowest BCUT2D eigenvalue weighted by Gasteiger charge is -2.41. The van der Waals surface area contributed by atoms with Crippen molar-refractivity contribution in [3.05, 3.63) is 76.2 Å². The molecule has 2 aromatic carbocycles. The highest BCUT2D eigenvalue weighted by Gasteiger charge is 2.34. The third kappa shape index (κ3) is 3.44. The number of anilines is 1. The van der Waals surface area contributed by atoms with E-state index in [4.69, 9.17) is 9.15 Å². The second kappa shape index (κ2) is 6.92. The lowest BCUT2D eigenvalue weighted by molar-refractivity contribution is -0.117. The highest BCUT2D eigenvalue weighted by Crippen LogP contribution is 2.39. The average Bonchev–Trinajstić information content (AvgIpc) is 2.65. The van der Waals surface area contributed by atoms with Gasteiger partial charge in [-0.15, -0.1) is 0 Å². The van der Waals surface area contributed by atoms with Crippen LogP contribution in [0.15, 0.2) is 63.8 Å². The van der Waals surface area contributed by atoms with Gasteiger partial charge in [-0.05, 0) is 56.2 Å². The number of para-hydroxylation sites is 1. The van der Waals surface area contributed by atoms with Crippen LogP contribution in [0.3, 0.4) is 0 Å². The summed E-state index contributed by atoms with van der Waals surface area (Å²) in [6.07, 6.45) is 2.09. The topological polar surface area (TPSA) is 59.8 Å². The minimum absolute atomic E-state index is 0.00478. The molecule has 0 saturated carbocycles. The molecule has 0 atom stereocenters. The molecular weight excluding hydrogens is 366 g/mol. The third-order valence-electron chi connectivity index (χ3n) is 5.22. The number of aryl methyl sites for hydroxylation is 1. The van der Waals surface area contributed by atoms with Crippen LogP contribution in [0.5, 0.6) is 5.75 Å². The molecule has 0 spiro atoms. The first-order valence-electron chi connectivity index (χ1n) is 9.55. The highest BCUT2D eigenvalue weighted by molar-refractivity contribution is 5.99. The van der Waals surface area contributed by atoms with E-state index in [9.17, 15) is 9.59 Å². The standard InChI is InChI=1S/C24H23NO4/c1-15-11-23(27)29-22-10-9-18(12-20(15)22)28-14-17-13-24(3,4)25(16(2)26)21-8-6-5-7-19(17)21/h5-13H,14H2,1-4H3. The Hall–Kier alpha value is -3.34. The molecule has 0 radical (unpaired) electrons. The largest absolute Gasteiger partial charge is 0.489 e. The number of amides is 1. The Balaban J connectivity index is 1.67. The van der Waals surface area contributed by atoms with E-state index >= 15 is 0 Å². The van der Waals surface area contributed by atoms with Crippen LogP contribution in [0, 0.1) is 6.92 Å². The van der Waals surface area contributed by atoms with Gasteiger partial charge in [-0.2, -0.15) is 0 Å². The molecule has 0 fully saturated rings. The van der Waals surface area contributed by atoms with Crippen LogP contribution in [0.25, 0.3) is 16.5 Å². The van der Waals surface area contributed by atoms with Gasteiger partial charge in [0.05, 0.1) is 11.2 Å². The zero-order chi connectivity index (χ0) is 20.8. The van der Waals surface area contributed by atoms with Crippen molar-refractivity contribution in [3.8, 4) is 5.75 Å². The van der Waals surface area contributed by atoms with Crippen molar-refractivity contribution in [3.63, 3.8) is 0 Å². The third-order valence-corrected chi connectivity index (χ3v) is 5.22. The average molecular weight is 389 g/mol. The minimum Gasteiger partial charge on any atom is -0.489 e. The van der Waals surface area contributed by atoms with Gasteiger partial charge < -0.3 is 14.1 Å². The van der Waals surface area contributed by atoms with Crippen molar-refractivity contribution in [2.75, 3.05) is 11.5 Å². The molecule has 29 heavy (non-hydrogen) atoms. The van der Waals surface area contributed by atoms with Gasteiger partial charge in [0, 0.05) is 23.9 Å². The molecule has 0 aliphatic carbocycles. The van der Waals surface area contributed by atoms with E-state index in [-0.39, 0.29) is 11.5 Å². The molecule has 0 saturated heterocycles. The zero-order valence-corrected chi connectivity index (χ0v) is 17.0. The number of ether oxygens (including phenoxy) is 1. The quantitative estimate of drug-likeness (QED) is 0.609. The van der Waals surface area contributed by atoms with Crippen LogP contribution >= 0.6 is 0 Å². The van der Waals surface area contributed by atoms with Crippen molar-refractivity contribution in [1.82, 2.24) is 0 Å². The molecule has 5 nitrogen and oxygen atoms in total. The fourth-order valence-corrected chi connectivity index (χ4v) is 4.06. The van der Waals surface area contributed by atoms with Gasteiger partial charge in [-0.1, -0.05) is 24.3 Å². The molecule has 148 valence electrons. The van der Waals surface area contributed by atoms with Crippen LogP contribution in [0.2, 0.25) is 0 Å². The summed E-state index contributed by atoms with van der Waals surface area (Å²) in [4.78, 5) is 25.6. The van der Waals surface area contributed by atoms with E-state index in [2.05, 4.69) is 6.08 Å². The SMILES string of the molecule is CC(=O)N1c2ccccc2C(COc2ccc3oc(=O)cc(C)c3c2)=CC1(C)C. The molecule has 5 heteroatoms. The van der Waals surface area contributed by atoms with Crippen molar-refractivity contribution < 1.29 is 13.9 Å². The number of nitrogens with zero attached hydrogens (tertiary/aromatic N) is 1. The number of carbonyl (C=O) groups excluding carboxylic acids is 1. The van der Waals surface area contributed by atoms with Crippen LogP contribution < -0.4 is 15.3 Å². The first-order valence-corrected chi connectivity index (χ1v) is 9.55. The molecule has 1 amide bonds. The maximum Gasteiger partial charge on any atom is 0.336 e. The Morgan fingerprint density at radius 1 is 1.14 bits per heavy atom.